The monoisotopic (exact) mass is 430 g/mol. The molecule has 0 saturated heterocycles. The molecule has 0 atom stereocenters. The molecule has 0 radical (unpaired) electrons. The Kier molecular flexibility index (Phi) is 6.97. The number of carbonyl (C=O) groups excluding carboxylic acids is 2. The van der Waals surface area contributed by atoms with Gasteiger partial charge < -0.3 is 10.2 Å². The van der Waals surface area contributed by atoms with Crippen LogP contribution in [0.5, 0.6) is 11.5 Å². The lowest BCUT2D eigenvalue weighted by molar-refractivity contribution is 0.0954. The number of hydrazone groups is 2. The van der Waals surface area contributed by atoms with Gasteiger partial charge in [-0.2, -0.15) is 10.2 Å². The highest BCUT2D eigenvalue weighted by Gasteiger charge is 2.11. The molecule has 3 aromatic carbocycles. The second-order valence-corrected chi connectivity index (χ2v) is 6.89. The Morgan fingerprint density at radius 2 is 1.06 bits per heavy atom. The van der Waals surface area contributed by atoms with Gasteiger partial charge in [-0.1, -0.05) is 30.3 Å². The molecule has 0 aliphatic heterocycles. The minimum atomic E-state index is -0.511. The molecule has 4 N–H and O–H groups in total. The lowest BCUT2D eigenvalue weighted by Gasteiger charge is -2.07. The Hall–Kier alpha value is -4.46. The smallest absolute Gasteiger partial charge is 0.271 e. The van der Waals surface area contributed by atoms with Crippen LogP contribution in [0.3, 0.4) is 0 Å². The van der Waals surface area contributed by atoms with Crippen molar-refractivity contribution in [3.05, 3.63) is 95.1 Å². The summed E-state index contributed by atoms with van der Waals surface area (Å²) in [5.74, 6) is -0.908. The summed E-state index contributed by atoms with van der Waals surface area (Å²) in [7, 11) is 0. The van der Waals surface area contributed by atoms with Crippen LogP contribution in [0.1, 0.15) is 45.7 Å². The number of amides is 2. The number of nitrogens with zero attached hydrogens (tertiary/aromatic N) is 2. The van der Waals surface area contributed by atoms with Gasteiger partial charge >= 0.3 is 0 Å². The molecule has 3 aromatic rings. The zero-order valence-corrected chi connectivity index (χ0v) is 17.5. The number of benzene rings is 3. The van der Waals surface area contributed by atoms with E-state index in [4.69, 9.17) is 0 Å². The average molecular weight is 430 g/mol. The van der Waals surface area contributed by atoms with E-state index in [-0.39, 0.29) is 22.6 Å². The van der Waals surface area contributed by atoms with Crippen molar-refractivity contribution in [2.45, 2.75) is 13.8 Å². The Morgan fingerprint density at radius 1 is 0.656 bits per heavy atom. The van der Waals surface area contributed by atoms with Crippen LogP contribution >= 0.6 is 0 Å². The van der Waals surface area contributed by atoms with E-state index in [0.29, 0.717) is 22.6 Å². The zero-order valence-electron chi connectivity index (χ0n) is 17.5. The molecule has 3 rings (SSSR count). The fraction of sp³-hybridized carbons (Fsp3) is 0.0833. The summed E-state index contributed by atoms with van der Waals surface area (Å²) in [4.78, 5) is 24.9. The van der Waals surface area contributed by atoms with Crippen LogP contribution < -0.4 is 10.9 Å². The number of rotatable bonds is 6. The summed E-state index contributed by atoms with van der Waals surface area (Å²) < 4.78 is 0. The molecular formula is C24H22N4O4. The summed E-state index contributed by atoms with van der Waals surface area (Å²) in [6.45, 7) is 3.31. The molecule has 8 heteroatoms. The van der Waals surface area contributed by atoms with Gasteiger partial charge in [0, 0.05) is 22.3 Å². The normalized spacial score (nSPS) is 11.7. The fourth-order valence-corrected chi connectivity index (χ4v) is 2.88. The molecule has 2 amide bonds. The van der Waals surface area contributed by atoms with Gasteiger partial charge in [0.2, 0.25) is 0 Å². The average Bonchev–Trinajstić information content (AvgIpc) is 2.81. The third-order valence-corrected chi connectivity index (χ3v) is 4.62. The van der Waals surface area contributed by atoms with Gasteiger partial charge in [0.25, 0.3) is 11.8 Å². The Bertz CT molecular complexity index is 1130. The molecule has 162 valence electrons. The molecule has 0 heterocycles. The largest absolute Gasteiger partial charge is 0.507 e. The van der Waals surface area contributed by atoms with E-state index in [9.17, 15) is 19.8 Å². The SMILES string of the molecule is CC(=NNC(=O)c1cccc(C(=O)NN=C(C)c2ccccc2O)c1)c1ccccc1O. The second kappa shape index (κ2) is 10.0. The number of carbonyl (C=O) groups is 2. The maximum absolute atomic E-state index is 12.5. The highest BCUT2D eigenvalue weighted by Crippen LogP contribution is 2.17. The van der Waals surface area contributed by atoms with Crippen molar-refractivity contribution in [2.24, 2.45) is 10.2 Å². The highest BCUT2D eigenvalue weighted by atomic mass is 16.3. The van der Waals surface area contributed by atoms with Crippen molar-refractivity contribution in [3.8, 4) is 11.5 Å². The van der Waals surface area contributed by atoms with Gasteiger partial charge in [-0.05, 0) is 56.3 Å². The van der Waals surface area contributed by atoms with Crippen molar-refractivity contribution in [3.63, 3.8) is 0 Å². The quantitative estimate of drug-likeness (QED) is 0.353. The lowest BCUT2D eigenvalue weighted by atomic mass is 10.1. The Morgan fingerprint density at radius 3 is 1.47 bits per heavy atom. The van der Waals surface area contributed by atoms with Crippen molar-refractivity contribution in [1.29, 1.82) is 0 Å². The van der Waals surface area contributed by atoms with E-state index in [0.717, 1.165) is 0 Å². The van der Waals surface area contributed by atoms with Gasteiger partial charge in [0.1, 0.15) is 11.5 Å². The first kappa shape index (κ1) is 22.2. The van der Waals surface area contributed by atoms with Gasteiger partial charge in [-0.3, -0.25) is 9.59 Å². The van der Waals surface area contributed by atoms with E-state index < -0.39 is 11.8 Å². The second-order valence-electron chi connectivity index (χ2n) is 6.89. The number of para-hydroxylation sites is 2. The number of hydrogen-bond donors (Lipinski definition) is 4. The van der Waals surface area contributed by atoms with Crippen molar-refractivity contribution in [1.82, 2.24) is 10.9 Å². The molecule has 0 saturated carbocycles. The van der Waals surface area contributed by atoms with Crippen LogP contribution in [0.2, 0.25) is 0 Å². The van der Waals surface area contributed by atoms with Gasteiger partial charge in [-0.15, -0.1) is 0 Å². The predicted octanol–water partition coefficient (Wildman–Crippen LogP) is 3.41. The maximum atomic E-state index is 12.5. The molecule has 0 aromatic heterocycles. The van der Waals surface area contributed by atoms with Crippen molar-refractivity contribution < 1.29 is 19.8 Å². The summed E-state index contributed by atoms with van der Waals surface area (Å²) in [5.41, 5.74) is 7.16. The topological polar surface area (TPSA) is 123 Å². The minimum absolute atomic E-state index is 0.0568. The van der Waals surface area contributed by atoms with Crippen LogP contribution in [-0.4, -0.2) is 33.5 Å². The molecule has 0 unspecified atom stereocenters. The maximum Gasteiger partial charge on any atom is 0.271 e. The predicted molar refractivity (Wildman–Crippen MR) is 122 cm³/mol. The third kappa shape index (κ3) is 5.37. The molecular weight excluding hydrogens is 408 g/mol. The number of hydrogen-bond acceptors (Lipinski definition) is 6. The molecule has 8 nitrogen and oxygen atoms in total. The first-order chi connectivity index (χ1) is 15.4. The Labute approximate surface area is 184 Å². The lowest BCUT2D eigenvalue weighted by Crippen LogP contribution is -2.22. The summed E-state index contributed by atoms with van der Waals surface area (Å²) in [5, 5.41) is 27.8. The number of aromatic hydroxyl groups is 2. The molecule has 0 fully saturated rings. The van der Waals surface area contributed by atoms with Crippen LogP contribution in [0, 0.1) is 0 Å². The molecule has 0 aliphatic rings. The molecule has 0 aliphatic carbocycles. The summed E-state index contributed by atoms with van der Waals surface area (Å²) >= 11 is 0. The minimum Gasteiger partial charge on any atom is -0.507 e. The first-order valence-corrected chi connectivity index (χ1v) is 9.73. The number of phenolic OH excluding ortho intramolecular Hbond substituents is 2. The zero-order chi connectivity index (χ0) is 23.1. The van der Waals surface area contributed by atoms with Crippen molar-refractivity contribution in [2.75, 3.05) is 0 Å². The molecule has 0 spiro atoms. The molecule has 0 bridgehead atoms. The van der Waals surface area contributed by atoms with Crippen LogP contribution in [-0.2, 0) is 0 Å². The number of phenols is 2. The summed E-state index contributed by atoms with van der Waals surface area (Å²) in [6.07, 6.45) is 0. The van der Waals surface area contributed by atoms with Crippen LogP contribution in [0.15, 0.2) is 83.0 Å². The Balaban J connectivity index is 1.69. The van der Waals surface area contributed by atoms with E-state index in [2.05, 4.69) is 21.1 Å². The van der Waals surface area contributed by atoms with Gasteiger partial charge in [0.15, 0.2) is 0 Å². The van der Waals surface area contributed by atoms with E-state index in [1.807, 2.05) is 0 Å². The van der Waals surface area contributed by atoms with Crippen molar-refractivity contribution >= 4 is 23.2 Å². The van der Waals surface area contributed by atoms with E-state index in [1.165, 1.54) is 18.2 Å². The van der Waals surface area contributed by atoms with E-state index in [1.54, 1.807) is 68.4 Å². The van der Waals surface area contributed by atoms with E-state index >= 15 is 0 Å². The fourth-order valence-electron chi connectivity index (χ4n) is 2.88. The highest BCUT2D eigenvalue weighted by molar-refractivity contribution is 6.04. The molecule has 32 heavy (non-hydrogen) atoms. The van der Waals surface area contributed by atoms with Crippen LogP contribution in [0.25, 0.3) is 0 Å². The number of nitrogens with one attached hydrogen (secondary N) is 2. The van der Waals surface area contributed by atoms with Crippen LogP contribution in [0.4, 0.5) is 0 Å². The third-order valence-electron chi connectivity index (χ3n) is 4.62. The van der Waals surface area contributed by atoms with Gasteiger partial charge in [-0.25, -0.2) is 10.9 Å². The summed E-state index contributed by atoms with van der Waals surface area (Å²) in [6, 6.07) is 19.4. The first-order valence-electron chi connectivity index (χ1n) is 9.73. The van der Waals surface area contributed by atoms with Gasteiger partial charge in [0.05, 0.1) is 11.4 Å². The standard InChI is InChI=1S/C24H22N4O4/c1-15(19-10-3-5-12-21(19)29)25-27-23(31)17-8-7-9-18(14-17)24(32)28-26-16(2)20-11-4-6-13-22(20)30/h3-14,29-30H,1-2H3,(H,27,31)(H,28,32).